The Hall–Kier alpha value is -2.82. The first-order chi connectivity index (χ1) is 12.4. The smallest absolute Gasteiger partial charge is 0.462 e. The first kappa shape index (κ1) is 19.5. The minimum absolute atomic E-state index is 0.0182. The fourth-order valence-corrected chi connectivity index (χ4v) is 2.76. The quantitative estimate of drug-likeness (QED) is 0.530. The van der Waals surface area contributed by atoms with Gasteiger partial charge in [-0.3, -0.25) is 4.79 Å². The van der Waals surface area contributed by atoms with Gasteiger partial charge >= 0.3 is 13.1 Å². The van der Waals surface area contributed by atoms with E-state index in [1.54, 1.807) is 6.07 Å². The molecule has 0 fully saturated rings. The number of carboxylic acid groups (broad SMARTS) is 1. The molecule has 0 spiro atoms. The molecule has 134 valence electrons. The van der Waals surface area contributed by atoms with Crippen molar-refractivity contribution >= 4 is 24.7 Å². The fraction of sp³-hybridized carbons (Fsp3) is 0.190. The number of hydrogen-bond acceptors (Lipinski definition) is 1. The molecule has 0 aliphatic heterocycles. The number of aliphatic carboxylic acids is 1. The molecule has 2 aromatic rings. The molecule has 0 aliphatic carbocycles. The van der Waals surface area contributed by atoms with Crippen LogP contribution in [0.15, 0.2) is 66.8 Å². The number of halogens is 1. The predicted octanol–water partition coefficient (Wildman–Crippen LogP) is 5.11. The van der Waals surface area contributed by atoms with Crippen LogP contribution < -0.4 is 0 Å². The van der Waals surface area contributed by atoms with Crippen molar-refractivity contribution in [1.29, 1.82) is 0 Å². The van der Waals surface area contributed by atoms with Crippen LogP contribution >= 0.6 is 0 Å². The second-order valence-corrected chi connectivity index (χ2v) is 6.20. The summed E-state index contributed by atoms with van der Waals surface area (Å²) in [5.41, 5.74) is 4.29. The van der Waals surface area contributed by atoms with Crippen molar-refractivity contribution in [3.05, 3.63) is 83.7 Å². The largest absolute Gasteiger partial charge is 0.481 e. The van der Waals surface area contributed by atoms with Gasteiger partial charge in [0.1, 0.15) is 0 Å². The van der Waals surface area contributed by atoms with E-state index < -0.39 is 13.1 Å². The molecular weight excluding hydrogens is 328 g/mol. The lowest BCUT2D eigenvalue weighted by Crippen LogP contribution is -2.19. The predicted molar refractivity (Wildman–Crippen MR) is 107 cm³/mol. The summed E-state index contributed by atoms with van der Waals surface area (Å²) in [7, 11) is -1.23. The van der Waals surface area contributed by atoms with Crippen LogP contribution in [0.1, 0.15) is 30.3 Å². The molecule has 3 nitrogen and oxygen atoms in total. The standard InChI is InChI=1S/C21H23BFNO2/c1-16(9-10-17(2)18-7-5-4-6-8-18)15-20-12-11-19(13-14-21(25)26)24(20)22(3)23/h4-12,15H,2,13-14H2,1,3H3,(H,25,26)/b10-9-,16-15+. The molecule has 0 aliphatic rings. The Labute approximate surface area is 154 Å². The van der Waals surface area contributed by atoms with E-state index in [0.717, 1.165) is 16.7 Å². The number of carboxylic acids is 1. The summed E-state index contributed by atoms with van der Waals surface area (Å²) in [5, 5.41) is 8.84. The van der Waals surface area contributed by atoms with Gasteiger partial charge in [0.05, 0.1) is 6.42 Å². The maximum atomic E-state index is 14.1. The van der Waals surface area contributed by atoms with E-state index >= 15 is 0 Å². The van der Waals surface area contributed by atoms with Crippen molar-refractivity contribution < 1.29 is 14.2 Å². The van der Waals surface area contributed by atoms with Crippen molar-refractivity contribution in [3.8, 4) is 0 Å². The maximum Gasteiger partial charge on any atom is 0.462 e. The highest BCUT2D eigenvalue weighted by Crippen LogP contribution is 2.18. The maximum absolute atomic E-state index is 14.1. The molecule has 1 aromatic heterocycles. The molecule has 1 N–H and O–H groups in total. The lowest BCUT2D eigenvalue weighted by atomic mass is 9.90. The third-order valence-electron chi connectivity index (χ3n) is 4.05. The molecule has 0 atom stereocenters. The highest BCUT2D eigenvalue weighted by Gasteiger charge is 2.17. The number of allylic oxidation sites excluding steroid dienone is 4. The van der Waals surface area contributed by atoms with Crippen molar-refractivity contribution in [1.82, 2.24) is 4.48 Å². The number of aromatic nitrogens is 1. The third-order valence-corrected chi connectivity index (χ3v) is 4.05. The second kappa shape index (κ2) is 9.04. The van der Waals surface area contributed by atoms with E-state index in [2.05, 4.69) is 6.58 Å². The van der Waals surface area contributed by atoms with Gasteiger partial charge in [-0.1, -0.05) is 49.1 Å². The molecule has 0 unspecified atom stereocenters. The molecule has 26 heavy (non-hydrogen) atoms. The van der Waals surface area contributed by atoms with Gasteiger partial charge in [0, 0.05) is 11.4 Å². The van der Waals surface area contributed by atoms with Crippen molar-refractivity contribution in [2.45, 2.75) is 26.6 Å². The molecule has 5 heteroatoms. The summed E-state index contributed by atoms with van der Waals surface area (Å²) in [4.78, 5) is 10.8. The van der Waals surface area contributed by atoms with Crippen LogP contribution in [-0.4, -0.2) is 22.7 Å². The number of carbonyl (C=O) groups is 1. The van der Waals surface area contributed by atoms with Gasteiger partial charge in [0.15, 0.2) is 0 Å². The topological polar surface area (TPSA) is 42.2 Å². The van der Waals surface area contributed by atoms with Gasteiger partial charge < -0.3 is 13.9 Å². The van der Waals surface area contributed by atoms with E-state index in [1.165, 1.54) is 11.3 Å². The van der Waals surface area contributed by atoms with E-state index in [1.807, 2.05) is 61.5 Å². The molecule has 0 amide bonds. The number of benzene rings is 1. The van der Waals surface area contributed by atoms with Crippen molar-refractivity contribution in [2.24, 2.45) is 0 Å². The van der Waals surface area contributed by atoms with Crippen LogP contribution in [0, 0.1) is 0 Å². The van der Waals surface area contributed by atoms with Crippen LogP contribution in [0.5, 0.6) is 0 Å². The normalized spacial score (nSPS) is 11.7. The second-order valence-electron chi connectivity index (χ2n) is 6.20. The van der Waals surface area contributed by atoms with E-state index in [4.69, 9.17) is 5.11 Å². The number of aryl methyl sites for hydroxylation is 1. The SMILES string of the molecule is C=C(/C=C\C(C)=C\c1ccc(CCC(=O)O)n1B(C)F)c1ccccc1. The summed E-state index contributed by atoms with van der Waals surface area (Å²) < 4.78 is 15.6. The van der Waals surface area contributed by atoms with Crippen molar-refractivity contribution in [2.75, 3.05) is 0 Å². The van der Waals surface area contributed by atoms with Gasteiger partial charge in [-0.25, -0.2) is 0 Å². The molecule has 0 radical (unpaired) electrons. The molecule has 0 bridgehead atoms. The summed E-state index contributed by atoms with van der Waals surface area (Å²) >= 11 is 0. The lowest BCUT2D eigenvalue weighted by molar-refractivity contribution is -0.136. The Kier molecular flexibility index (Phi) is 6.78. The summed E-state index contributed by atoms with van der Waals surface area (Å²) in [6, 6.07) is 13.5. The van der Waals surface area contributed by atoms with Gasteiger partial charge in [-0.2, -0.15) is 0 Å². The lowest BCUT2D eigenvalue weighted by Gasteiger charge is -2.10. The Morgan fingerprint density at radius 2 is 1.92 bits per heavy atom. The molecule has 0 saturated heterocycles. The minimum atomic E-state index is -1.23. The van der Waals surface area contributed by atoms with Gasteiger partial charge in [-0.15, -0.1) is 0 Å². The van der Waals surface area contributed by atoms with E-state index in [-0.39, 0.29) is 6.42 Å². The van der Waals surface area contributed by atoms with Gasteiger partial charge in [0.2, 0.25) is 0 Å². The van der Waals surface area contributed by atoms with Crippen molar-refractivity contribution in [3.63, 3.8) is 0 Å². The van der Waals surface area contributed by atoms with Crippen LogP contribution in [0.2, 0.25) is 6.82 Å². The Morgan fingerprint density at radius 1 is 1.23 bits per heavy atom. The van der Waals surface area contributed by atoms with E-state index in [9.17, 15) is 9.11 Å². The Balaban J connectivity index is 2.18. The highest BCUT2D eigenvalue weighted by atomic mass is 19.1. The number of hydrogen-bond donors (Lipinski definition) is 1. The van der Waals surface area contributed by atoms with Gasteiger partial charge in [0.25, 0.3) is 0 Å². The zero-order valence-electron chi connectivity index (χ0n) is 15.2. The Bertz CT molecular complexity index is 835. The first-order valence-electron chi connectivity index (χ1n) is 8.55. The third kappa shape index (κ3) is 5.35. The average Bonchev–Trinajstić information content (AvgIpc) is 3.01. The minimum Gasteiger partial charge on any atom is -0.481 e. The fourth-order valence-electron chi connectivity index (χ4n) is 2.76. The van der Waals surface area contributed by atoms with E-state index in [0.29, 0.717) is 17.8 Å². The van der Waals surface area contributed by atoms with Crippen LogP contribution in [0.4, 0.5) is 4.32 Å². The molecule has 1 heterocycles. The van der Waals surface area contributed by atoms with Crippen LogP contribution in [0.3, 0.4) is 0 Å². The molecule has 1 aromatic carbocycles. The highest BCUT2D eigenvalue weighted by molar-refractivity contribution is 6.48. The number of rotatable bonds is 8. The zero-order valence-corrected chi connectivity index (χ0v) is 15.2. The zero-order chi connectivity index (χ0) is 19.1. The molecule has 2 rings (SSSR count). The summed E-state index contributed by atoms with van der Waals surface area (Å²) in [6.45, 7) is 7.44. The Morgan fingerprint density at radius 3 is 2.54 bits per heavy atom. The molecular formula is C21H23BFNO2. The summed E-state index contributed by atoms with van der Waals surface area (Å²) in [5.74, 6) is -0.889. The average molecular weight is 351 g/mol. The monoisotopic (exact) mass is 351 g/mol. The van der Waals surface area contributed by atoms with Gasteiger partial charge in [-0.05, 0) is 55.1 Å². The van der Waals surface area contributed by atoms with Crippen LogP contribution in [-0.2, 0) is 11.2 Å². The van der Waals surface area contributed by atoms with Crippen LogP contribution in [0.25, 0.3) is 11.6 Å². The molecule has 0 saturated carbocycles. The summed E-state index contributed by atoms with van der Waals surface area (Å²) in [6.07, 6.45) is 6.03. The first-order valence-corrected chi connectivity index (χ1v) is 8.55. The number of nitrogens with zero attached hydrogens (tertiary/aromatic N) is 1.